The van der Waals surface area contributed by atoms with Crippen molar-refractivity contribution in [2.75, 3.05) is 29.9 Å². The second-order valence-electron chi connectivity index (χ2n) is 5.57. The Hall–Kier alpha value is -2.50. The maximum atomic E-state index is 12.1. The molecule has 3 heterocycles. The van der Waals surface area contributed by atoms with E-state index in [0.29, 0.717) is 10.6 Å². The molecule has 1 fully saturated rings. The SMILES string of the molecule is N#Cc1ccsc1NC(=O)CNC1CCCN(c2cccnn2)C1. The van der Waals surface area contributed by atoms with Gasteiger partial charge in [0.25, 0.3) is 0 Å². The van der Waals surface area contributed by atoms with Crippen LogP contribution < -0.4 is 15.5 Å². The van der Waals surface area contributed by atoms with E-state index in [1.54, 1.807) is 17.6 Å². The van der Waals surface area contributed by atoms with Crippen molar-refractivity contribution in [2.45, 2.75) is 18.9 Å². The number of anilines is 2. The standard InChI is InChI=1S/C16H18N6OS/c17-9-12-5-8-24-16(12)20-15(23)10-18-13-3-2-7-22(11-13)14-4-1-6-19-21-14/h1,4-6,8,13,18H,2-3,7,10-11H2,(H,20,23). The molecule has 1 amide bonds. The average Bonchev–Trinajstić information content (AvgIpc) is 3.08. The lowest BCUT2D eigenvalue weighted by atomic mass is 10.1. The number of aromatic nitrogens is 2. The first-order valence-electron chi connectivity index (χ1n) is 7.80. The van der Waals surface area contributed by atoms with Gasteiger partial charge in [0, 0.05) is 25.3 Å². The third-order valence-electron chi connectivity index (χ3n) is 3.89. The molecule has 3 rings (SSSR count). The molecule has 1 saturated heterocycles. The summed E-state index contributed by atoms with van der Waals surface area (Å²) >= 11 is 1.36. The van der Waals surface area contributed by atoms with Crippen molar-refractivity contribution in [1.29, 1.82) is 5.26 Å². The molecule has 1 atom stereocenters. The van der Waals surface area contributed by atoms with Crippen molar-refractivity contribution >= 4 is 28.1 Å². The molecule has 0 radical (unpaired) electrons. The van der Waals surface area contributed by atoms with E-state index in [1.165, 1.54) is 11.3 Å². The molecule has 1 aliphatic heterocycles. The van der Waals surface area contributed by atoms with Gasteiger partial charge < -0.3 is 15.5 Å². The van der Waals surface area contributed by atoms with Gasteiger partial charge in [0.05, 0.1) is 12.1 Å². The second-order valence-corrected chi connectivity index (χ2v) is 6.49. The number of piperidine rings is 1. The molecule has 0 aliphatic carbocycles. The van der Waals surface area contributed by atoms with Crippen LogP contribution in [0, 0.1) is 11.3 Å². The Kier molecular flexibility index (Phi) is 5.36. The fourth-order valence-corrected chi connectivity index (χ4v) is 3.47. The first-order chi connectivity index (χ1) is 11.8. The maximum absolute atomic E-state index is 12.1. The fourth-order valence-electron chi connectivity index (χ4n) is 2.72. The van der Waals surface area contributed by atoms with E-state index in [9.17, 15) is 4.79 Å². The Balaban J connectivity index is 1.49. The van der Waals surface area contributed by atoms with Gasteiger partial charge in [-0.25, -0.2) is 0 Å². The molecule has 2 aromatic heterocycles. The molecule has 24 heavy (non-hydrogen) atoms. The number of hydrogen-bond acceptors (Lipinski definition) is 7. The van der Waals surface area contributed by atoms with Crippen molar-refractivity contribution in [3.63, 3.8) is 0 Å². The number of carbonyl (C=O) groups excluding carboxylic acids is 1. The maximum Gasteiger partial charge on any atom is 0.238 e. The van der Waals surface area contributed by atoms with Crippen molar-refractivity contribution in [3.8, 4) is 6.07 Å². The molecule has 2 aromatic rings. The number of rotatable bonds is 5. The topological polar surface area (TPSA) is 93.9 Å². The van der Waals surface area contributed by atoms with E-state index in [1.807, 2.05) is 12.1 Å². The predicted molar refractivity (Wildman–Crippen MR) is 92.9 cm³/mol. The monoisotopic (exact) mass is 342 g/mol. The summed E-state index contributed by atoms with van der Waals surface area (Å²) < 4.78 is 0. The molecular weight excluding hydrogens is 324 g/mol. The zero-order valence-corrected chi connectivity index (χ0v) is 13.9. The first kappa shape index (κ1) is 16.4. The molecule has 0 bridgehead atoms. The van der Waals surface area contributed by atoms with Crippen LogP contribution in [0.2, 0.25) is 0 Å². The van der Waals surface area contributed by atoms with Crippen LogP contribution in [-0.4, -0.2) is 41.8 Å². The first-order valence-corrected chi connectivity index (χ1v) is 8.67. The lowest BCUT2D eigenvalue weighted by molar-refractivity contribution is -0.115. The second kappa shape index (κ2) is 7.86. The van der Waals surface area contributed by atoms with E-state index in [-0.39, 0.29) is 18.5 Å². The van der Waals surface area contributed by atoms with E-state index in [0.717, 1.165) is 31.7 Å². The number of hydrogen-bond donors (Lipinski definition) is 2. The van der Waals surface area contributed by atoms with E-state index < -0.39 is 0 Å². The summed E-state index contributed by atoms with van der Waals surface area (Å²) in [6, 6.07) is 7.82. The number of nitriles is 1. The Morgan fingerprint density at radius 1 is 1.50 bits per heavy atom. The Bertz CT molecular complexity index is 726. The smallest absolute Gasteiger partial charge is 0.238 e. The molecule has 1 unspecified atom stereocenters. The summed E-state index contributed by atoms with van der Waals surface area (Å²) in [4.78, 5) is 14.2. The van der Waals surface area contributed by atoms with Crippen molar-refractivity contribution in [2.24, 2.45) is 0 Å². The minimum absolute atomic E-state index is 0.134. The van der Waals surface area contributed by atoms with E-state index in [2.05, 4.69) is 31.8 Å². The van der Waals surface area contributed by atoms with Gasteiger partial charge in [-0.3, -0.25) is 4.79 Å². The van der Waals surface area contributed by atoms with Gasteiger partial charge in [0.1, 0.15) is 11.1 Å². The van der Waals surface area contributed by atoms with Crippen molar-refractivity contribution in [1.82, 2.24) is 15.5 Å². The molecule has 0 spiro atoms. The zero-order valence-electron chi connectivity index (χ0n) is 13.1. The minimum atomic E-state index is -0.134. The Morgan fingerprint density at radius 3 is 3.21 bits per heavy atom. The number of carbonyl (C=O) groups is 1. The number of amides is 1. The molecule has 0 saturated carbocycles. The van der Waals surface area contributed by atoms with Crippen molar-refractivity contribution < 1.29 is 4.79 Å². The Morgan fingerprint density at radius 2 is 2.42 bits per heavy atom. The van der Waals surface area contributed by atoms with Crippen molar-refractivity contribution in [3.05, 3.63) is 35.3 Å². The average molecular weight is 342 g/mol. The number of nitrogens with zero attached hydrogens (tertiary/aromatic N) is 4. The summed E-state index contributed by atoms with van der Waals surface area (Å²) in [5, 5.41) is 25.5. The summed E-state index contributed by atoms with van der Waals surface area (Å²) in [6.07, 6.45) is 3.72. The highest BCUT2D eigenvalue weighted by Crippen LogP contribution is 2.22. The largest absolute Gasteiger partial charge is 0.354 e. The van der Waals surface area contributed by atoms with Crippen LogP contribution in [0.3, 0.4) is 0 Å². The third kappa shape index (κ3) is 4.07. The minimum Gasteiger partial charge on any atom is -0.354 e. The van der Waals surface area contributed by atoms with Gasteiger partial charge in [-0.1, -0.05) is 0 Å². The highest BCUT2D eigenvalue weighted by molar-refractivity contribution is 7.14. The van der Waals surface area contributed by atoms with Crippen LogP contribution in [0.25, 0.3) is 0 Å². The summed E-state index contributed by atoms with van der Waals surface area (Å²) in [6.45, 7) is 1.97. The Labute approximate surface area is 144 Å². The zero-order chi connectivity index (χ0) is 16.8. The van der Waals surface area contributed by atoms with Gasteiger partial charge in [-0.05, 0) is 36.4 Å². The van der Waals surface area contributed by atoms with Crippen LogP contribution in [-0.2, 0) is 4.79 Å². The highest BCUT2D eigenvalue weighted by atomic mass is 32.1. The van der Waals surface area contributed by atoms with E-state index in [4.69, 9.17) is 5.26 Å². The van der Waals surface area contributed by atoms with Crippen LogP contribution in [0.5, 0.6) is 0 Å². The van der Waals surface area contributed by atoms with Gasteiger partial charge in [-0.15, -0.1) is 16.4 Å². The molecule has 0 aromatic carbocycles. The van der Waals surface area contributed by atoms with Gasteiger partial charge in [-0.2, -0.15) is 10.4 Å². The lowest BCUT2D eigenvalue weighted by Gasteiger charge is -2.33. The van der Waals surface area contributed by atoms with Crippen LogP contribution in [0.15, 0.2) is 29.8 Å². The predicted octanol–water partition coefficient (Wildman–Crippen LogP) is 1.61. The van der Waals surface area contributed by atoms with E-state index >= 15 is 0 Å². The molecule has 1 aliphatic rings. The fraction of sp³-hybridized carbons (Fsp3) is 0.375. The highest BCUT2D eigenvalue weighted by Gasteiger charge is 2.21. The molecular formula is C16H18N6OS. The van der Waals surface area contributed by atoms with Gasteiger partial charge in [0.15, 0.2) is 5.82 Å². The molecule has 2 N–H and O–H groups in total. The summed E-state index contributed by atoms with van der Waals surface area (Å²) in [7, 11) is 0. The summed E-state index contributed by atoms with van der Waals surface area (Å²) in [5.74, 6) is 0.733. The van der Waals surface area contributed by atoms with Crippen LogP contribution in [0.4, 0.5) is 10.8 Å². The molecule has 8 heteroatoms. The third-order valence-corrected chi connectivity index (χ3v) is 4.72. The number of nitrogens with one attached hydrogen (secondary N) is 2. The molecule has 124 valence electrons. The van der Waals surface area contributed by atoms with Gasteiger partial charge in [0.2, 0.25) is 5.91 Å². The number of thiophene rings is 1. The normalized spacial score (nSPS) is 17.3. The van der Waals surface area contributed by atoms with Crippen LogP contribution >= 0.6 is 11.3 Å². The lowest BCUT2D eigenvalue weighted by Crippen LogP contribution is -2.48. The summed E-state index contributed by atoms with van der Waals surface area (Å²) in [5.41, 5.74) is 0.500. The van der Waals surface area contributed by atoms with Gasteiger partial charge >= 0.3 is 0 Å². The quantitative estimate of drug-likeness (QED) is 0.857. The molecule has 7 nitrogen and oxygen atoms in total. The van der Waals surface area contributed by atoms with Crippen LogP contribution in [0.1, 0.15) is 18.4 Å².